The molecule has 0 aromatic rings. The summed E-state index contributed by atoms with van der Waals surface area (Å²) in [6.07, 6.45) is -57.4. The molecule has 18 N–H and O–H groups in total. The van der Waals surface area contributed by atoms with Crippen LogP contribution in [0.1, 0.15) is 26.2 Å². The molecule has 0 radical (unpaired) electrons. The molecule has 35 nitrogen and oxygen atoms in total. The van der Waals surface area contributed by atoms with Gasteiger partial charge in [-0.05, 0) is 12.8 Å². The summed E-state index contributed by atoms with van der Waals surface area (Å²) in [6.45, 7) is -3.56. The number of carbonyl (C=O) groups is 1. The number of hydrogen-bond acceptors (Lipinski definition) is 34. The van der Waals surface area contributed by atoms with Crippen LogP contribution in [0, 0.1) is 0 Å². The van der Waals surface area contributed by atoms with E-state index in [9.17, 15) is 106 Å². The number of ether oxygens (including phenoxy) is 12. The van der Waals surface area contributed by atoms with Gasteiger partial charge in [0, 0.05) is 13.5 Å². The summed E-state index contributed by atoms with van der Waals surface area (Å²) in [4.78, 5) is 34.3. The Kier molecular flexibility index (Phi) is 24.2. The van der Waals surface area contributed by atoms with Crippen molar-refractivity contribution in [3.8, 4) is 0 Å². The van der Waals surface area contributed by atoms with Crippen molar-refractivity contribution in [2.45, 2.75) is 210 Å². The molecule has 0 aliphatic carbocycles. The third-order valence-electron chi connectivity index (χ3n) is 13.9. The summed E-state index contributed by atoms with van der Waals surface area (Å²) in [7, 11) is -4.32. The molecule has 0 bridgehead atoms. The second-order valence-corrected chi connectivity index (χ2v) is 20.4. The number of phosphoric acid groups is 1. The first-order chi connectivity index (χ1) is 36.8. The van der Waals surface area contributed by atoms with E-state index in [1.807, 2.05) is 0 Å². The number of hydrogen-bond donors (Lipinski definition) is 18. The number of aliphatic hydroxyl groups excluding tert-OH is 17. The van der Waals surface area contributed by atoms with Gasteiger partial charge in [0.2, 0.25) is 5.91 Å². The van der Waals surface area contributed by atoms with Crippen LogP contribution in [-0.2, 0) is 70.7 Å². The number of carbonyl (C=O) groups excluding carboxylic acids is 1. The lowest BCUT2D eigenvalue weighted by Gasteiger charge is -2.49. The van der Waals surface area contributed by atoms with Crippen LogP contribution in [0.15, 0.2) is 0 Å². The van der Waals surface area contributed by atoms with Crippen molar-refractivity contribution in [3.63, 3.8) is 0 Å². The minimum absolute atomic E-state index is 0.0243. The molecule has 6 aliphatic rings. The second-order valence-electron chi connectivity index (χ2n) is 19.2. The molecule has 6 rings (SSSR count). The monoisotopic (exact) mass is 1170 g/mol. The predicted octanol–water partition coefficient (Wildman–Crippen LogP) is -13.3. The van der Waals surface area contributed by atoms with E-state index in [0.717, 1.165) is 0 Å². The van der Waals surface area contributed by atoms with E-state index in [-0.39, 0.29) is 25.9 Å². The molecule has 12 unspecified atom stereocenters. The number of aliphatic hydroxyl groups is 17. The second kappa shape index (κ2) is 28.8. The van der Waals surface area contributed by atoms with Crippen LogP contribution in [0.3, 0.4) is 0 Å². The summed E-state index contributed by atoms with van der Waals surface area (Å²) in [5.41, 5.74) is 0. The van der Waals surface area contributed by atoms with Gasteiger partial charge in [-0.2, -0.15) is 0 Å². The number of amides is 1. The van der Waals surface area contributed by atoms with E-state index in [0.29, 0.717) is 0 Å². The van der Waals surface area contributed by atoms with Gasteiger partial charge in [-0.15, -0.1) is 0 Å². The molecular formula is C42H72NO34P-2. The summed E-state index contributed by atoms with van der Waals surface area (Å²) >= 11 is 0. The molecule has 456 valence electrons. The lowest BCUT2D eigenvalue weighted by atomic mass is 9.96. The summed E-state index contributed by atoms with van der Waals surface area (Å²) in [5.74, 6) is -0.400. The molecule has 6 aliphatic heterocycles. The highest BCUT2D eigenvalue weighted by atomic mass is 31.2. The van der Waals surface area contributed by atoms with Crippen molar-refractivity contribution in [2.75, 3.05) is 46.7 Å². The molecule has 1 amide bonds. The molecule has 0 saturated carbocycles. The molecule has 30 atom stereocenters. The third kappa shape index (κ3) is 15.4. The third-order valence-corrected chi connectivity index (χ3v) is 14.4. The quantitative estimate of drug-likeness (QED) is 0.0334. The fourth-order valence-electron chi connectivity index (χ4n) is 9.28. The number of phosphoric ester groups is 1. The molecule has 0 aromatic heterocycles. The van der Waals surface area contributed by atoms with Gasteiger partial charge in [0.25, 0.3) is 0 Å². The number of nitrogens with one attached hydrogen (secondary N) is 1. The lowest BCUT2D eigenvalue weighted by Crippen LogP contribution is -2.67. The summed E-state index contributed by atoms with van der Waals surface area (Å²) in [5, 5.41) is 186. The molecule has 6 fully saturated rings. The maximum Gasteiger partial charge on any atom is 0.219 e. The molecule has 6 heterocycles. The first-order valence-electron chi connectivity index (χ1n) is 24.8. The zero-order chi connectivity index (χ0) is 57.7. The topological polar surface area (TPSA) is 556 Å². The van der Waals surface area contributed by atoms with E-state index >= 15 is 0 Å². The van der Waals surface area contributed by atoms with Gasteiger partial charge in [-0.1, -0.05) is 6.92 Å². The number of rotatable bonds is 23. The zero-order valence-corrected chi connectivity index (χ0v) is 42.6. The first-order valence-corrected chi connectivity index (χ1v) is 26.3. The summed E-state index contributed by atoms with van der Waals surface area (Å²) < 4.78 is 83.7. The van der Waals surface area contributed by atoms with Gasteiger partial charge < -0.3 is 168 Å². The van der Waals surface area contributed by atoms with E-state index < -0.39 is 231 Å². The zero-order valence-electron chi connectivity index (χ0n) is 41.7. The Morgan fingerprint density at radius 3 is 1.33 bits per heavy atom. The fraction of sp³-hybridized carbons (Fsp3) is 0.976. The Morgan fingerprint density at radius 2 is 0.833 bits per heavy atom. The Labute approximate surface area is 442 Å². The Hall–Kier alpha value is -1.58. The highest BCUT2D eigenvalue weighted by Crippen LogP contribution is 2.36. The van der Waals surface area contributed by atoms with Crippen LogP contribution < -0.4 is 15.1 Å². The van der Waals surface area contributed by atoms with Crippen LogP contribution in [0.4, 0.5) is 0 Å². The van der Waals surface area contributed by atoms with Crippen molar-refractivity contribution in [2.24, 2.45) is 0 Å². The van der Waals surface area contributed by atoms with Crippen LogP contribution in [0.2, 0.25) is 0 Å². The fourth-order valence-corrected chi connectivity index (χ4v) is 9.60. The van der Waals surface area contributed by atoms with E-state index in [1.165, 1.54) is 7.05 Å². The van der Waals surface area contributed by atoms with Crippen molar-refractivity contribution >= 4 is 13.7 Å². The SMILES string of the molecule is CCC1O[C@@H](OC2[C@@H](OCC3O[C@H](OCC4O[C@@H](OCCCC(=O)NC)C(O)[C@@H](O[C@@H]5OC(CO)[C@@H](O)[C@H](O)C5O[C@H]5OC(COP(=O)([O-])[O-])[C@@H](O)[C@H](O)C5O)[C@@H]4O)C(O)[C@@H](O)[C@@H]3O)OC(CO)[C@@H](O)[C@@H]2O)C(O)[C@@H](O)[C@@H]1O. The van der Waals surface area contributed by atoms with Gasteiger partial charge in [-0.25, -0.2) is 0 Å². The Balaban J connectivity index is 1.19. The van der Waals surface area contributed by atoms with Gasteiger partial charge in [0.1, 0.15) is 140 Å². The molecule has 6 saturated heterocycles. The van der Waals surface area contributed by atoms with Crippen molar-refractivity contribution in [1.82, 2.24) is 5.32 Å². The largest absolute Gasteiger partial charge is 0.790 e. The van der Waals surface area contributed by atoms with Crippen molar-refractivity contribution < 1.29 is 167 Å². The molecule has 36 heteroatoms. The Bertz CT molecular complexity index is 1880. The van der Waals surface area contributed by atoms with Gasteiger partial charge in [0.15, 0.2) is 37.7 Å². The highest BCUT2D eigenvalue weighted by Gasteiger charge is 2.56. The molecule has 0 aromatic carbocycles. The van der Waals surface area contributed by atoms with Crippen LogP contribution >= 0.6 is 7.82 Å². The normalized spacial score (nSPS) is 47.7. The maximum absolute atomic E-state index is 11.9. The molecule has 78 heavy (non-hydrogen) atoms. The minimum Gasteiger partial charge on any atom is -0.790 e. The lowest BCUT2D eigenvalue weighted by molar-refractivity contribution is -0.392. The van der Waals surface area contributed by atoms with Gasteiger partial charge in [-0.3, -0.25) is 4.79 Å². The van der Waals surface area contributed by atoms with Crippen LogP contribution in [-0.4, -0.2) is 324 Å². The minimum atomic E-state index is -5.70. The Morgan fingerprint density at radius 1 is 0.449 bits per heavy atom. The molecule has 0 spiro atoms. The highest BCUT2D eigenvalue weighted by molar-refractivity contribution is 7.43. The maximum atomic E-state index is 11.9. The van der Waals surface area contributed by atoms with Gasteiger partial charge in [0.05, 0.1) is 53.6 Å². The smallest absolute Gasteiger partial charge is 0.219 e. The van der Waals surface area contributed by atoms with Gasteiger partial charge >= 0.3 is 0 Å². The summed E-state index contributed by atoms with van der Waals surface area (Å²) in [6, 6.07) is 0. The van der Waals surface area contributed by atoms with Crippen molar-refractivity contribution in [1.29, 1.82) is 0 Å². The predicted molar refractivity (Wildman–Crippen MR) is 236 cm³/mol. The van der Waals surface area contributed by atoms with E-state index in [2.05, 4.69) is 9.84 Å². The average Bonchev–Trinajstić information content (AvgIpc) is 3.41. The molecular weight excluding hydrogens is 1090 g/mol. The first kappa shape index (κ1) is 65.6. The average molecular weight is 1170 g/mol. The van der Waals surface area contributed by atoms with E-state index in [1.54, 1.807) is 6.92 Å². The standard InChI is InChI=1S/C42H74NO34P/c1-3-12-19(47)25(53)31(59)39(69-12)76-35-28(56)20(48)13(7-44)70-41(35)67-9-15-22(50)26(54)30(58)37(72-15)66-10-16-24(52)34(33(61)38(73-16)65-6-4-5-18(46)43-2)75-42-36(29(57)21(49)14(8-45)71-42)77-40-32(60)27(55)23(51)17(74-40)11-68-78(62,63)64/h12-17,19-42,44-45,47-61H,3-11H2,1-2H3,(H,43,46)(H2,62,63,64)/p-2/t12?,13?,14?,15?,16?,17?,19-,20-,21-,22-,23-,24-,25+,26+,27+,28+,29+,30?,31?,32?,33?,34+,35?,36?,37+,38-,39+,40-,41+,42+/m1/s1. The van der Waals surface area contributed by atoms with Crippen LogP contribution in [0.5, 0.6) is 0 Å². The van der Waals surface area contributed by atoms with E-state index in [4.69, 9.17) is 56.8 Å². The van der Waals surface area contributed by atoms with Crippen molar-refractivity contribution in [3.05, 3.63) is 0 Å². The van der Waals surface area contributed by atoms with Crippen LogP contribution in [0.25, 0.3) is 0 Å².